The first-order chi connectivity index (χ1) is 11.9. The van der Waals surface area contributed by atoms with Gasteiger partial charge in [-0.1, -0.05) is 38.1 Å². The number of aliphatic hydroxyl groups is 1. The van der Waals surface area contributed by atoms with E-state index < -0.39 is 0 Å². The molecule has 0 amide bonds. The van der Waals surface area contributed by atoms with Gasteiger partial charge in [0.15, 0.2) is 0 Å². The molecule has 1 aliphatic rings. The Balaban J connectivity index is 1.87. The normalized spacial score (nSPS) is 17.3. The number of fused-ring (bicyclic) bond motifs is 1. The molecule has 5 heteroatoms. The molecule has 0 unspecified atom stereocenters. The van der Waals surface area contributed by atoms with E-state index in [-0.39, 0.29) is 18.2 Å². The van der Waals surface area contributed by atoms with Crippen LogP contribution in [-0.2, 0) is 13.0 Å². The molecule has 2 aromatic rings. The second-order valence-corrected chi connectivity index (χ2v) is 7.78. The van der Waals surface area contributed by atoms with Crippen molar-refractivity contribution in [2.24, 2.45) is 5.92 Å². The highest BCUT2D eigenvalue weighted by Gasteiger charge is 2.33. The van der Waals surface area contributed by atoms with Crippen molar-refractivity contribution >= 4 is 11.6 Å². The molecule has 0 bridgehead atoms. The average Bonchev–Trinajstić information content (AvgIpc) is 2.58. The highest BCUT2D eigenvalue weighted by Crippen LogP contribution is 2.34. The van der Waals surface area contributed by atoms with Crippen molar-refractivity contribution in [3.05, 3.63) is 47.8 Å². The van der Waals surface area contributed by atoms with Gasteiger partial charge in [-0.05, 0) is 37.3 Å². The molecule has 0 radical (unpaired) electrons. The number of nitrogens with one attached hydrogen (secondary N) is 1. The third-order valence-electron chi connectivity index (χ3n) is 5.06. The molecule has 1 aliphatic heterocycles. The summed E-state index contributed by atoms with van der Waals surface area (Å²) in [6.45, 7) is 9.60. The van der Waals surface area contributed by atoms with Gasteiger partial charge in [-0.3, -0.25) is 0 Å². The van der Waals surface area contributed by atoms with Gasteiger partial charge in [0.25, 0.3) is 0 Å². The minimum atomic E-state index is -0.0194. The number of nitrogens with zero attached hydrogens (tertiary/aromatic N) is 3. The first kappa shape index (κ1) is 17.7. The number of rotatable bonds is 5. The van der Waals surface area contributed by atoms with E-state index in [4.69, 9.17) is 0 Å². The van der Waals surface area contributed by atoms with Gasteiger partial charge in [-0.15, -0.1) is 0 Å². The molecule has 0 aliphatic carbocycles. The Morgan fingerprint density at radius 2 is 1.92 bits per heavy atom. The van der Waals surface area contributed by atoms with Crippen molar-refractivity contribution in [3.8, 4) is 0 Å². The lowest BCUT2D eigenvalue weighted by molar-refractivity contribution is 0.249. The maximum absolute atomic E-state index is 9.55. The van der Waals surface area contributed by atoms with Gasteiger partial charge in [0.1, 0.15) is 18.0 Å². The monoisotopic (exact) mass is 340 g/mol. The van der Waals surface area contributed by atoms with Crippen molar-refractivity contribution in [1.82, 2.24) is 9.97 Å². The molecule has 1 atom stereocenters. The number of aliphatic hydroxyl groups excluding tert-OH is 1. The molecule has 0 saturated heterocycles. The lowest BCUT2D eigenvalue weighted by Gasteiger charge is -2.44. The topological polar surface area (TPSA) is 61.3 Å². The largest absolute Gasteiger partial charge is 0.394 e. The first-order valence-corrected chi connectivity index (χ1v) is 8.94. The van der Waals surface area contributed by atoms with Crippen LogP contribution >= 0.6 is 0 Å². The summed E-state index contributed by atoms with van der Waals surface area (Å²) in [5.41, 5.74) is 2.75. The van der Waals surface area contributed by atoms with E-state index >= 15 is 0 Å². The van der Waals surface area contributed by atoms with E-state index in [1.807, 2.05) is 6.07 Å². The molecule has 1 aromatic carbocycles. The molecule has 2 N–H and O–H groups in total. The van der Waals surface area contributed by atoms with E-state index in [1.165, 1.54) is 11.1 Å². The fraction of sp³-hybridized carbons (Fsp3) is 0.500. The summed E-state index contributed by atoms with van der Waals surface area (Å²) < 4.78 is 0. The fourth-order valence-electron chi connectivity index (χ4n) is 3.41. The number of hydrogen-bond donors (Lipinski definition) is 2. The zero-order valence-electron chi connectivity index (χ0n) is 15.5. The summed E-state index contributed by atoms with van der Waals surface area (Å²) in [5, 5.41) is 12.9. The van der Waals surface area contributed by atoms with Gasteiger partial charge in [0.05, 0.1) is 12.6 Å². The van der Waals surface area contributed by atoms with Crippen LogP contribution in [0, 0.1) is 5.92 Å². The van der Waals surface area contributed by atoms with Crippen molar-refractivity contribution in [3.63, 3.8) is 0 Å². The van der Waals surface area contributed by atoms with Crippen molar-refractivity contribution in [1.29, 1.82) is 0 Å². The second kappa shape index (κ2) is 7.00. The van der Waals surface area contributed by atoms with Crippen LogP contribution in [0.15, 0.2) is 36.7 Å². The predicted molar refractivity (Wildman–Crippen MR) is 102 cm³/mol. The van der Waals surface area contributed by atoms with Crippen molar-refractivity contribution in [2.75, 3.05) is 16.8 Å². The molecule has 2 heterocycles. The maximum atomic E-state index is 9.55. The summed E-state index contributed by atoms with van der Waals surface area (Å²) in [5.74, 6) is 1.99. The van der Waals surface area contributed by atoms with Crippen LogP contribution in [0.4, 0.5) is 11.6 Å². The highest BCUT2D eigenvalue weighted by molar-refractivity contribution is 5.53. The molecular formula is C20H28N4O. The molecule has 0 fully saturated rings. The molecule has 134 valence electrons. The van der Waals surface area contributed by atoms with E-state index in [2.05, 4.69) is 72.1 Å². The summed E-state index contributed by atoms with van der Waals surface area (Å²) in [7, 11) is 0. The number of benzene rings is 1. The van der Waals surface area contributed by atoms with E-state index in [9.17, 15) is 5.11 Å². The van der Waals surface area contributed by atoms with E-state index in [1.54, 1.807) is 6.33 Å². The lowest BCUT2D eigenvalue weighted by atomic mass is 9.85. The smallest absolute Gasteiger partial charge is 0.134 e. The summed E-state index contributed by atoms with van der Waals surface area (Å²) in [4.78, 5) is 11.2. The van der Waals surface area contributed by atoms with E-state index in [0.717, 1.165) is 24.6 Å². The minimum Gasteiger partial charge on any atom is -0.394 e. The first-order valence-electron chi connectivity index (χ1n) is 8.94. The Bertz CT molecular complexity index is 729. The zero-order valence-corrected chi connectivity index (χ0v) is 15.5. The van der Waals surface area contributed by atoms with Gasteiger partial charge in [-0.25, -0.2) is 9.97 Å². The minimum absolute atomic E-state index is 0.0159. The zero-order chi connectivity index (χ0) is 18.0. The van der Waals surface area contributed by atoms with E-state index in [0.29, 0.717) is 5.92 Å². The second-order valence-electron chi connectivity index (χ2n) is 7.78. The van der Waals surface area contributed by atoms with Crippen LogP contribution < -0.4 is 10.2 Å². The molecule has 0 saturated carbocycles. The molecule has 0 spiro atoms. The average molecular weight is 340 g/mol. The van der Waals surface area contributed by atoms with Gasteiger partial charge >= 0.3 is 0 Å². The SMILES string of the molecule is CC(C)[C@H](CO)Nc1cc(N2Cc3ccccc3CC2(C)C)ncn1. The van der Waals surface area contributed by atoms with Crippen LogP contribution in [-0.4, -0.2) is 33.3 Å². The van der Waals surface area contributed by atoms with Gasteiger partial charge in [0.2, 0.25) is 0 Å². The fourth-order valence-corrected chi connectivity index (χ4v) is 3.41. The molecule has 3 rings (SSSR count). The lowest BCUT2D eigenvalue weighted by Crippen LogP contribution is -2.49. The summed E-state index contributed by atoms with van der Waals surface area (Å²) in [6.07, 6.45) is 2.59. The third-order valence-corrected chi connectivity index (χ3v) is 5.06. The number of aromatic nitrogens is 2. The quantitative estimate of drug-likeness (QED) is 0.875. The maximum Gasteiger partial charge on any atom is 0.134 e. The summed E-state index contributed by atoms with van der Waals surface area (Å²) >= 11 is 0. The van der Waals surface area contributed by atoms with Gasteiger partial charge in [0, 0.05) is 18.2 Å². The Labute approximate surface area is 150 Å². The van der Waals surface area contributed by atoms with Crippen LogP contribution in [0.1, 0.15) is 38.8 Å². The Morgan fingerprint density at radius 3 is 2.60 bits per heavy atom. The van der Waals surface area contributed by atoms with Crippen LogP contribution in [0.25, 0.3) is 0 Å². The number of hydrogen-bond acceptors (Lipinski definition) is 5. The molecule has 5 nitrogen and oxygen atoms in total. The van der Waals surface area contributed by atoms with Crippen molar-refractivity contribution < 1.29 is 5.11 Å². The Hall–Kier alpha value is -2.14. The van der Waals surface area contributed by atoms with Crippen LogP contribution in [0.2, 0.25) is 0 Å². The van der Waals surface area contributed by atoms with Gasteiger partial charge < -0.3 is 15.3 Å². The molecule has 25 heavy (non-hydrogen) atoms. The Kier molecular flexibility index (Phi) is 4.95. The van der Waals surface area contributed by atoms with Crippen LogP contribution in [0.5, 0.6) is 0 Å². The number of anilines is 2. The van der Waals surface area contributed by atoms with Crippen LogP contribution in [0.3, 0.4) is 0 Å². The highest BCUT2D eigenvalue weighted by atomic mass is 16.3. The van der Waals surface area contributed by atoms with Crippen molar-refractivity contribution in [2.45, 2.75) is 52.2 Å². The molecular weight excluding hydrogens is 312 g/mol. The Morgan fingerprint density at radius 1 is 1.20 bits per heavy atom. The van der Waals surface area contributed by atoms with Gasteiger partial charge in [-0.2, -0.15) is 0 Å². The predicted octanol–water partition coefficient (Wildman–Crippen LogP) is 3.25. The third kappa shape index (κ3) is 3.76. The molecule has 1 aromatic heterocycles. The standard InChI is InChI=1S/C20H28N4O/c1-14(2)17(12-25)23-18-9-19(22-13-21-18)24-11-16-8-6-5-7-15(16)10-20(24,3)4/h5-9,13-14,17,25H,10-12H2,1-4H3,(H,21,22,23)/t17-/m0/s1. The summed E-state index contributed by atoms with van der Waals surface area (Å²) in [6, 6.07) is 10.6.